The van der Waals surface area contributed by atoms with Crippen molar-refractivity contribution < 1.29 is 4.74 Å². The third-order valence-corrected chi connectivity index (χ3v) is 10.8. The van der Waals surface area contributed by atoms with Crippen molar-refractivity contribution in [2.24, 2.45) is 11.3 Å². The van der Waals surface area contributed by atoms with Crippen LogP contribution in [0.5, 0.6) is 0 Å². The normalized spacial score (nSPS) is 42.6. The second-order valence-electron chi connectivity index (χ2n) is 12.6. The molecule has 1 aromatic carbocycles. The van der Waals surface area contributed by atoms with Crippen molar-refractivity contribution in [1.29, 1.82) is 0 Å². The quantitative estimate of drug-likeness (QED) is 0.570. The number of allylic oxidation sites excluding steroid dienone is 1. The lowest BCUT2D eigenvalue weighted by Crippen LogP contribution is -2.55. The zero-order chi connectivity index (χ0) is 22.5. The van der Waals surface area contributed by atoms with Crippen molar-refractivity contribution in [3.05, 3.63) is 65.5 Å². The van der Waals surface area contributed by atoms with Gasteiger partial charge in [-0.2, -0.15) is 0 Å². The first kappa shape index (κ1) is 20.2. The van der Waals surface area contributed by atoms with E-state index in [2.05, 4.69) is 53.6 Å². The predicted molar refractivity (Wildman–Crippen MR) is 136 cm³/mol. The van der Waals surface area contributed by atoms with Crippen molar-refractivity contribution in [3.8, 4) is 0 Å². The lowest BCUT2D eigenvalue weighted by Gasteiger charge is -2.54. The maximum Gasteiger partial charge on any atom is 0.0974 e. The molecule has 0 amide bonds. The molecule has 2 spiro atoms. The van der Waals surface area contributed by atoms with Gasteiger partial charge in [-0.1, -0.05) is 31.2 Å². The smallest absolute Gasteiger partial charge is 0.0974 e. The van der Waals surface area contributed by atoms with Gasteiger partial charge in [-0.3, -0.25) is 4.98 Å². The SMILES string of the molecule is C[C@]12CC=C3C=C4CC[C@H](NC5CC5)C[C@]45CC[C@]3(O5)[C@@H]1CC[C@@H]2c1ccc2ccncc2c1. The Morgan fingerprint density at radius 1 is 1.00 bits per heavy atom. The van der Waals surface area contributed by atoms with Crippen molar-refractivity contribution in [2.75, 3.05) is 0 Å². The van der Waals surface area contributed by atoms with Gasteiger partial charge in [0.05, 0.1) is 11.2 Å². The van der Waals surface area contributed by atoms with Gasteiger partial charge < -0.3 is 10.1 Å². The molecule has 2 bridgehead atoms. The molecule has 6 aliphatic rings. The molecule has 176 valence electrons. The van der Waals surface area contributed by atoms with E-state index in [4.69, 9.17) is 4.74 Å². The Bertz CT molecular complexity index is 1240. The number of benzene rings is 1. The van der Waals surface area contributed by atoms with Crippen LogP contribution in [0.25, 0.3) is 10.8 Å². The van der Waals surface area contributed by atoms with E-state index in [-0.39, 0.29) is 16.6 Å². The molecule has 1 aromatic heterocycles. The van der Waals surface area contributed by atoms with E-state index >= 15 is 0 Å². The molecule has 34 heavy (non-hydrogen) atoms. The van der Waals surface area contributed by atoms with Crippen LogP contribution in [0.3, 0.4) is 0 Å². The second-order valence-corrected chi connectivity index (χ2v) is 12.6. The summed E-state index contributed by atoms with van der Waals surface area (Å²) in [6, 6.07) is 10.7. The molecule has 3 nitrogen and oxygen atoms in total. The van der Waals surface area contributed by atoms with Gasteiger partial charge in [0.2, 0.25) is 0 Å². The van der Waals surface area contributed by atoms with Crippen molar-refractivity contribution in [1.82, 2.24) is 10.3 Å². The van der Waals surface area contributed by atoms with Gasteiger partial charge in [0.25, 0.3) is 0 Å². The molecule has 4 fully saturated rings. The summed E-state index contributed by atoms with van der Waals surface area (Å²) in [6.07, 6.45) is 21.7. The molecule has 8 rings (SSSR count). The third kappa shape index (κ3) is 2.69. The minimum atomic E-state index is -0.0505. The topological polar surface area (TPSA) is 34.1 Å². The van der Waals surface area contributed by atoms with Gasteiger partial charge in [-0.05, 0) is 116 Å². The highest BCUT2D eigenvalue weighted by Gasteiger charge is 2.66. The maximum atomic E-state index is 7.46. The van der Waals surface area contributed by atoms with Crippen LogP contribution in [0, 0.1) is 11.3 Å². The van der Waals surface area contributed by atoms with Crippen LogP contribution in [-0.4, -0.2) is 28.3 Å². The number of hydrogen-bond donors (Lipinski definition) is 1. The van der Waals surface area contributed by atoms with E-state index in [0.29, 0.717) is 17.9 Å². The number of pyridine rings is 1. The first-order chi connectivity index (χ1) is 16.6. The molecule has 0 unspecified atom stereocenters. The van der Waals surface area contributed by atoms with E-state index in [1.165, 1.54) is 86.1 Å². The van der Waals surface area contributed by atoms with E-state index < -0.39 is 0 Å². The molecule has 3 saturated carbocycles. The summed E-state index contributed by atoms with van der Waals surface area (Å²) in [4.78, 5) is 4.39. The molecule has 1 N–H and O–H groups in total. The van der Waals surface area contributed by atoms with Crippen LogP contribution in [0.1, 0.15) is 82.6 Å². The van der Waals surface area contributed by atoms with Crippen LogP contribution in [0.2, 0.25) is 0 Å². The van der Waals surface area contributed by atoms with E-state index in [9.17, 15) is 0 Å². The van der Waals surface area contributed by atoms with Crippen molar-refractivity contribution >= 4 is 10.8 Å². The highest BCUT2D eigenvalue weighted by molar-refractivity contribution is 5.82. The first-order valence-electron chi connectivity index (χ1n) is 13.8. The zero-order valence-corrected chi connectivity index (χ0v) is 20.4. The minimum absolute atomic E-state index is 0.00705. The Kier molecular flexibility index (Phi) is 4.06. The highest BCUT2D eigenvalue weighted by Crippen LogP contribution is 2.69. The number of rotatable bonds is 3. The Balaban J connectivity index is 1.15. The van der Waals surface area contributed by atoms with Crippen LogP contribution in [-0.2, 0) is 4.74 Å². The summed E-state index contributed by atoms with van der Waals surface area (Å²) >= 11 is 0. The first-order valence-corrected chi connectivity index (χ1v) is 13.8. The number of hydrogen-bond acceptors (Lipinski definition) is 3. The molecule has 2 aromatic rings. The molecule has 4 aliphatic carbocycles. The van der Waals surface area contributed by atoms with Crippen LogP contribution >= 0.6 is 0 Å². The molecular weight excluding hydrogens is 416 g/mol. The maximum absolute atomic E-state index is 7.46. The van der Waals surface area contributed by atoms with E-state index in [0.717, 1.165) is 6.04 Å². The summed E-state index contributed by atoms with van der Waals surface area (Å²) in [6.45, 7) is 2.58. The monoisotopic (exact) mass is 452 g/mol. The molecule has 6 atom stereocenters. The van der Waals surface area contributed by atoms with Crippen LogP contribution < -0.4 is 5.32 Å². The number of nitrogens with one attached hydrogen (secondary N) is 1. The summed E-state index contributed by atoms with van der Waals surface area (Å²) in [5.74, 6) is 1.21. The van der Waals surface area contributed by atoms with Gasteiger partial charge in [0, 0.05) is 29.9 Å². The average Bonchev–Trinajstić information content (AvgIpc) is 3.52. The number of ether oxygens (including phenoxy) is 1. The fourth-order valence-corrected chi connectivity index (χ4v) is 9.00. The standard InChI is InChI=1S/C31H36N2O/c1-29-12-10-24-17-23-4-5-26(33-25-6-7-25)18-30(23)13-14-31(24,34-30)28(29)9-8-27(29)21-3-2-20-11-15-32-19-22(20)16-21/h2-3,10-11,15-17,19,25-28,33H,4-9,12-14,18H2,1H3/t26-,27+,28+,29+,30+,31+/m0/s1. The van der Waals surface area contributed by atoms with E-state index in [1.54, 1.807) is 5.57 Å². The zero-order valence-electron chi connectivity index (χ0n) is 20.4. The summed E-state index contributed by atoms with van der Waals surface area (Å²) in [5, 5.41) is 6.51. The van der Waals surface area contributed by atoms with Gasteiger partial charge >= 0.3 is 0 Å². The van der Waals surface area contributed by atoms with Gasteiger partial charge in [-0.25, -0.2) is 0 Å². The largest absolute Gasteiger partial charge is 0.359 e. The molecule has 3 heterocycles. The summed E-state index contributed by atoms with van der Waals surface area (Å²) in [5.41, 5.74) is 4.87. The second kappa shape index (κ2) is 6.83. The predicted octanol–water partition coefficient (Wildman–Crippen LogP) is 6.60. The Hall–Kier alpha value is -1.97. The molecule has 0 radical (unpaired) electrons. The van der Waals surface area contributed by atoms with Gasteiger partial charge in [-0.15, -0.1) is 0 Å². The lowest BCUT2D eigenvalue weighted by atomic mass is 9.58. The Morgan fingerprint density at radius 3 is 2.85 bits per heavy atom. The fourth-order valence-electron chi connectivity index (χ4n) is 9.00. The van der Waals surface area contributed by atoms with Gasteiger partial charge in [0.1, 0.15) is 0 Å². The van der Waals surface area contributed by atoms with E-state index in [1.807, 2.05) is 12.4 Å². The Labute approximate surface area is 203 Å². The fraction of sp³-hybridized carbons (Fsp3) is 0.581. The van der Waals surface area contributed by atoms with Gasteiger partial charge in [0.15, 0.2) is 0 Å². The number of fused-ring (bicyclic) bond motifs is 2. The van der Waals surface area contributed by atoms with Crippen LogP contribution in [0.15, 0.2) is 60.0 Å². The van der Waals surface area contributed by atoms with Crippen LogP contribution in [0.4, 0.5) is 0 Å². The van der Waals surface area contributed by atoms with Crippen molar-refractivity contribution in [2.45, 2.75) is 100 Å². The summed E-state index contributed by atoms with van der Waals surface area (Å²) in [7, 11) is 0. The average molecular weight is 453 g/mol. The number of nitrogens with zero attached hydrogens (tertiary/aromatic N) is 1. The molecule has 2 aliphatic heterocycles. The molecule has 1 saturated heterocycles. The van der Waals surface area contributed by atoms with Crippen molar-refractivity contribution in [3.63, 3.8) is 0 Å². The third-order valence-electron chi connectivity index (χ3n) is 10.8. The summed E-state index contributed by atoms with van der Waals surface area (Å²) < 4.78 is 7.46. The Morgan fingerprint density at radius 2 is 1.94 bits per heavy atom. The number of aromatic nitrogens is 1. The molecule has 3 heteroatoms. The minimum Gasteiger partial charge on any atom is -0.359 e. The highest BCUT2D eigenvalue weighted by atomic mass is 16.5. The molecular formula is C31H36N2O. The lowest BCUT2D eigenvalue weighted by molar-refractivity contribution is -0.136.